The molecule has 3 aromatic rings. The SMILES string of the molecule is CC(C)NC(=O)c1c(NC(=O)c2nn(C)c3ccccc3c2=O)sc2c1CCCC2. The molecule has 0 saturated carbocycles. The van der Waals surface area contributed by atoms with Crippen LogP contribution in [0.15, 0.2) is 29.1 Å². The van der Waals surface area contributed by atoms with Gasteiger partial charge in [0.25, 0.3) is 11.8 Å². The monoisotopic (exact) mass is 424 g/mol. The van der Waals surface area contributed by atoms with E-state index in [1.54, 1.807) is 25.2 Å². The number of carbonyl (C=O) groups is 2. The fraction of sp³-hybridized carbons (Fsp3) is 0.364. The topological polar surface area (TPSA) is 93.1 Å². The lowest BCUT2D eigenvalue weighted by molar-refractivity contribution is 0.0943. The largest absolute Gasteiger partial charge is 0.350 e. The molecule has 2 amide bonds. The summed E-state index contributed by atoms with van der Waals surface area (Å²) in [5.74, 6) is -0.794. The van der Waals surface area contributed by atoms with E-state index in [4.69, 9.17) is 0 Å². The van der Waals surface area contributed by atoms with Gasteiger partial charge in [-0.05, 0) is 57.2 Å². The van der Waals surface area contributed by atoms with Crippen LogP contribution in [0.2, 0.25) is 0 Å². The Hall–Kier alpha value is -3.00. The zero-order valence-corrected chi connectivity index (χ0v) is 18.1. The lowest BCUT2D eigenvalue weighted by Crippen LogP contribution is -2.32. The Morgan fingerprint density at radius 3 is 2.63 bits per heavy atom. The van der Waals surface area contributed by atoms with Crippen LogP contribution >= 0.6 is 11.3 Å². The molecule has 0 saturated heterocycles. The molecule has 4 rings (SSSR count). The molecule has 0 spiro atoms. The first-order valence-electron chi connectivity index (χ1n) is 10.1. The highest BCUT2D eigenvalue weighted by Crippen LogP contribution is 2.38. The van der Waals surface area contributed by atoms with Crippen molar-refractivity contribution in [3.63, 3.8) is 0 Å². The lowest BCUT2D eigenvalue weighted by atomic mass is 9.95. The number of nitrogens with one attached hydrogen (secondary N) is 2. The molecule has 30 heavy (non-hydrogen) atoms. The van der Waals surface area contributed by atoms with E-state index in [9.17, 15) is 14.4 Å². The number of carbonyl (C=O) groups excluding carboxylic acids is 2. The molecule has 2 heterocycles. The number of rotatable bonds is 4. The number of amides is 2. The third-order valence-electron chi connectivity index (χ3n) is 5.22. The Bertz CT molecular complexity index is 1210. The fourth-order valence-corrected chi connectivity index (χ4v) is 5.15. The third kappa shape index (κ3) is 3.63. The van der Waals surface area contributed by atoms with Gasteiger partial charge in [0.05, 0.1) is 11.1 Å². The van der Waals surface area contributed by atoms with Crippen LogP contribution in [0.25, 0.3) is 10.9 Å². The highest BCUT2D eigenvalue weighted by Gasteiger charge is 2.28. The molecule has 0 radical (unpaired) electrons. The summed E-state index contributed by atoms with van der Waals surface area (Å²) in [5, 5.41) is 10.9. The normalized spacial score (nSPS) is 13.3. The maximum atomic E-state index is 13.0. The van der Waals surface area contributed by atoms with E-state index in [1.807, 2.05) is 19.9 Å². The number of thiophene rings is 1. The van der Waals surface area contributed by atoms with Crippen molar-refractivity contribution in [1.29, 1.82) is 0 Å². The summed E-state index contributed by atoms with van der Waals surface area (Å²) in [5.41, 5.74) is 1.59. The van der Waals surface area contributed by atoms with Gasteiger partial charge >= 0.3 is 0 Å². The molecule has 8 heteroatoms. The third-order valence-corrected chi connectivity index (χ3v) is 6.43. The Morgan fingerprint density at radius 2 is 1.87 bits per heavy atom. The second kappa shape index (κ2) is 8.02. The number of anilines is 1. The van der Waals surface area contributed by atoms with Crippen LogP contribution in [0.5, 0.6) is 0 Å². The van der Waals surface area contributed by atoms with Crippen LogP contribution in [0.1, 0.15) is 58.0 Å². The summed E-state index contributed by atoms with van der Waals surface area (Å²) >= 11 is 1.42. The molecule has 1 aromatic carbocycles. The van der Waals surface area contributed by atoms with E-state index in [-0.39, 0.29) is 17.6 Å². The van der Waals surface area contributed by atoms with Crippen molar-refractivity contribution in [2.45, 2.75) is 45.6 Å². The summed E-state index contributed by atoms with van der Waals surface area (Å²) in [7, 11) is 1.70. The van der Waals surface area contributed by atoms with Crippen molar-refractivity contribution in [3.05, 3.63) is 56.2 Å². The highest BCUT2D eigenvalue weighted by molar-refractivity contribution is 7.17. The molecule has 2 N–H and O–H groups in total. The van der Waals surface area contributed by atoms with Gasteiger partial charge in [0.2, 0.25) is 5.43 Å². The van der Waals surface area contributed by atoms with E-state index in [0.29, 0.717) is 21.5 Å². The van der Waals surface area contributed by atoms with E-state index in [1.165, 1.54) is 16.0 Å². The van der Waals surface area contributed by atoms with E-state index < -0.39 is 11.3 Å². The number of nitrogens with zero attached hydrogens (tertiary/aromatic N) is 2. The number of aromatic nitrogens is 2. The standard InChI is InChI=1S/C22H24N4O3S/c1-12(2)23-20(28)17-14-9-5-7-11-16(14)30-22(17)24-21(29)18-19(27)13-8-4-6-10-15(13)26(3)25-18/h4,6,8,10,12H,5,7,9,11H2,1-3H3,(H,23,28)(H,24,29). The minimum absolute atomic E-state index is 0.0189. The molecule has 0 bridgehead atoms. The van der Waals surface area contributed by atoms with E-state index in [2.05, 4.69) is 15.7 Å². The van der Waals surface area contributed by atoms with Crippen molar-refractivity contribution in [1.82, 2.24) is 15.1 Å². The quantitative estimate of drug-likeness (QED) is 0.672. The molecule has 1 aliphatic rings. The number of benzene rings is 1. The van der Waals surface area contributed by atoms with Crippen LogP contribution < -0.4 is 16.1 Å². The second-order valence-corrected chi connectivity index (χ2v) is 8.92. The molecular weight excluding hydrogens is 400 g/mol. The van der Waals surface area contributed by atoms with Gasteiger partial charge in [0, 0.05) is 23.4 Å². The molecule has 156 valence electrons. The number of hydrogen-bond donors (Lipinski definition) is 2. The van der Waals surface area contributed by atoms with Crippen LogP contribution in [-0.2, 0) is 19.9 Å². The van der Waals surface area contributed by atoms with Gasteiger partial charge in [0.1, 0.15) is 5.00 Å². The summed E-state index contributed by atoms with van der Waals surface area (Å²) in [6.45, 7) is 3.80. The van der Waals surface area contributed by atoms with Crippen LogP contribution in [-0.4, -0.2) is 27.6 Å². The van der Waals surface area contributed by atoms with Crippen LogP contribution in [0.3, 0.4) is 0 Å². The lowest BCUT2D eigenvalue weighted by Gasteiger charge is -2.14. The number of hydrogen-bond acceptors (Lipinski definition) is 5. The minimum Gasteiger partial charge on any atom is -0.350 e. The summed E-state index contributed by atoms with van der Waals surface area (Å²) in [6.07, 6.45) is 3.80. The van der Waals surface area contributed by atoms with Gasteiger partial charge in [-0.3, -0.25) is 19.1 Å². The number of aryl methyl sites for hydroxylation is 2. The number of fused-ring (bicyclic) bond motifs is 2. The molecule has 0 atom stereocenters. The van der Waals surface area contributed by atoms with Gasteiger partial charge < -0.3 is 10.6 Å². The molecule has 0 unspecified atom stereocenters. The maximum Gasteiger partial charge on any atom is 0.280 e. The fourth-order valence-electron chi connectivity index (χ4n) is 3.86. The molecule has 2 aromatic heterocycles. The Balaban J connectivity index is 1.74. The Labute approximate surface area is 178 Å². The molecule has 0 aliphatic heterocycles. The van der Waals surface area contributed by atoms with Crippen molar-refractivity contribution < 1.29 is 9.59 Å². The van der Waals surface area contributed by atoms with Gasteiger partial charge in [-0.1, -0.05) is 12.1 Å². The smallest absolute Gasteiger partial charge is 0.280 e. The van der Waals surface area contributed by atoms with Crippen molar-refractivity contribution in [3.8, 4) is 0 Å². The summed E-state index contributed by atoms with van der Waals surface area (Å²) in [4.78, 5) is 39.9. The zero-order chi connectivity index (χ0) is 21.4. The average molecular weight is 425 g/mol. The first kappa shape index (κ1) is 20.3. The van der Waals surface area contributed by atoms with Crippen molar-refractivity contribution >= 4 is 39.1 Å². The Morgan fingerprint density at radius 1 is 1.13 bits per heavy atom. The first-order chi connectivity index (χ1) is 14.4. The molecule has 0 fully saturated rings. The molecular formula is C22H24N4O3S. The molecule has 7 nitrogen and oxygen atoms in total. The second-order valence-electron chi connectivity index (χ2n) is 7.82. The average Bonchev–Trinajstić information content (AvgIpc) is 3.08. The zero-order valence-electron chi connectivity index (χ0n) is 17.2. The Kier molecular flexibility index (Phi) is 5.42. The van der Waals surface area contributed by atoms with E-state index in [0.717, 1.165) is 36.1 Å². The van der Waals surface area contributed by atoms with Gasteiger partial charge in [0.15, 0.2) is 5.69 Å². The molecule has 1 aliphatic carbocycles. The van der Waals surface area contributed by atoms with Crippen molar-refractivity contribution in [2.75, 3.05) is 5.32 Å². The highest BCUT2D eigenvalue weighted by atomic mass is 32.1. The number of para-hydroxylation sites is 1. The predicted molar refractivity (Wildman–Crippen MR) is 119 cm³/mol. The predicted octanol–water partition coefficient (Wildman–Crippen LogP) is 3.26. The summed E-state index contributed by atoms with van der Waals surface area (Å²) in [6, 6.07) is 7.02. The van der Waals surface area contributed by atoms with Gasteiger partial charge in [-0.2, -0.15) is 5.10 Å². The van der Waals surface area contributed by atoms with E-state index >= 15 is 0 Å². The summed E-state index contributed by atoms with van der Waals surface area (Å²) < 4.78 is 1.53. The van der Waals surface area contributed by atoms with Gasteiger partial charge in [-0.25, -0.2) is 0 Å². The van der Waals surface area contributed by atoms with Gasteiger partial charge in [-0.15, -0.1) is 11.3 Å². The first-order valence-corrected chi connectivity index (χ1v) is 10.9. The maximum absolute atomic E-state index is 13.0. The van der Waals surface area contributed by atoms with Crippen molar-refractivity contribution in [2.24, 2.45) is 7.05 Å². The van der Waals surface area contributed by atoms with Crippen LogP contribution in [0.4, 0.5) is 5.00 Å². The van der Waals surface area contributed by atoms with Crippen LogP contribution in [0, 0.1) is 0 Å². The minimum atomic E-state index is -0.599.